The minimum atomic E-state index is 0.109. The van der Waals surface area contributed by atoms with Crippen LogP contribution in [0.5, 0.6) is 0 Å². The summed E-state index contributed by atoms with van der Waals surface area (Å²) in [5.41, 5.74) is 2.55. The molecule has 1 heterocycles. The Balaban J connectivity index is 2.61. The Morgan fingerprint density at radius 2 is 2.05 bits per heavy atom. The maximum absolute atomic E-state index is 5.80. The Morgan fingerprint density at radius 3 is 2.58 bits per heavy atom. The van der Waals surface area contributed by atoms with E-state index in [9.17, 15) is 0 Å². The zero-order chi connectivity index (χ0) is 14.6. The molecule has 1 aromatic rings. The van der Waals surface area contributed by atoms with Crippen molar-refractivity contribution in [2.45, 2.75) is 53.2 Å². The van der Waals surface area contributed by atoms with Crippen molar-refractivity contribution in [2.24, 2.45) is 0 Å². The van der Waals surface area contributed by atoms with E-state index in [4.69, 9.17) is 4.42 Å². The van der Waals surface area contributed by atoms with Crippen LogP contribution in [0.3, 0.4) is 0 Å². The Hall–Kier alpha value is -1.06. The predicted molar refractivity (Wildman–Crippen MR) is 81.2 cm³/mol. The van der Waals surface area contributed by atoms with Gasteiger partial charge in [-0.3, -0.25) is 4.90 Å². The quantitative estimate of drug-likeness (QED) is 0.797. The standard InChI is InChI=1S/C16H28N2O/c1-12(2)10-18(7)11-14-8-15(19-13(14)3)9-17-16(4,5)6/h8,17H,1,9-11H2,2-7H3. The molecule has 108 valence electrons. The van der Waals surface area contributed by atoms with Gasteiger partial charge in [-0.25, -0.2) is 0 Å². The highest BCUT2D eigenvalue weighted by molar-refractivity contribution is 5.21. The van der Waals surface area contributed by atoms with E-state index < -0.39 is 0 Å². The summed E-state index contributed by atoms with van der Waals surface area (Å²) in [5.74, 6) is 2.02. The van der Waals surface area contributed by atoms with Crippen molar-refractivity contribution in [3.8, 4) is 0 Å². The Kier molecular flexibility index (Phi) is 5.39. The van der Waals surface area contributed by atoms with E-state index in [1.54, 1.807) is 0 Å². The van der Waals surface area contributed by atoms with Gasteiger partial charge in [-0.1, -0.05) is 12.2 Å². The van der Waals surface area contributed by atoms with Crippen LogP contribution in [0.1, 0.15) is 44.8 Å². The summed E-state index contributed by atoms with van der Waals surface area (Å²) in [6, 6.07) is 2.16. The van der Waals surface area contributed by atoms with Gasteiger partial charge >= 0.3 is 0 Å². The number of hydrogen-bond donors (Lipinski definition) is 1. The lowest BCUT2D eigenvalue weighted by Gasteiger charge is -2.19. The lowest BCUT2D eigenvalue weighted by Crippen LogP contribution is -2.34. The zero-order valence-electron chi connectivity index (χ0n) is 13.3. The molecular weight excluding hydrogens is 236 g/mol. The highest BCUT2D eigenvalue weighted by Gasteiger charge is 2.13. The average Bonchev–Trinajstić information content (AvgIpc) is 2.54. The number of rotatable bonds is 6. The third kappa shape index (κ3) is 6.08. The molecule has 0 saturated heterocycles. The summed E-state index contributed by atoms with van der Waals surface area (Å²) in [4.78, 5) is 2.25. The fraction of sp³-hybridized carbons (Fsp3) is 0.625. The summed E-state index contributed by atoms with van der Waals surface area (Å²) in [5, 5.41) is 3.44. The van der Waals surface area contributed by atoms with E-state index in [0.717, 1.165) is 31.2 Å². The van der Waals surface area contributed by atoms with Crippen LogP contribution < -0.4 is 5.32 Å². The molecule has 0 aromatic carbocycles. The fourth-order valence-electron chi connectivity index (χ4n) is 1.99. The molecule has 0 fully saturated rings. The summed E-state index contributed by atoms with van der Waals surface area (Å²) in [6.07, 6.45) is 0. The third-order valence-electron chi connectivity index (χ3n) is 2.84. The molecule has 0 aliphatic heterocycles. The molecule has 19 heavy (non-hydrogen) atoms. The lowest BCUT2D eigenvalue weighted by molar-refractivity contribution is 0.350. The van der Waals surface area contributed by atoms with Crippen molar-refractivity contribution in [2.75, 3.05) is 13.6 Å². The van der Waals surface area contributed by atoms with Crippen molar-refractivity contribution < 1.29 is 4.42 Å². The molecule has 0 bridgehead atoms. The molecule has 3 heteroatoms. The molecule has 0 radical (unpaired) electrons. The van der Waals surface area contributed by atoms with Gasteiger partial charge in [0.25, 0.3) is 0 Å². The topological polar surface area (TPSA) is 28.4 Å². The van der Waals surface area contributed by atoms with Crippen molar-refractivity contribution in [1.29, 1.82) is 0 Å². The molecule has 1 rings (SSSR count). The molecular formula is C16H28N2O. The van der Waals surface area contributed by atoms with Gasteiger partial charge in [0.1, 0.15) is 11.5 Å². The number of likely N-dealkylation sites (N-methyl/N-ethyl adjacent to an activating group) is 1. The lowest BCUT2D eigenvalue weighted by atomic mass is 10.1. The van der Waals surface area contributed by atoms with Crippen molar-refractivity contribution in [1.82, 2.24) is 10.2 Å². The zero-order valence-corrected chi connectivity index (χ0v) is 13.3. The normalized spacial score (nSPS) is 12.2. The first-order valence-corrected chi connectivity index (χ1v) is 6.83. The van der Waals surface area contributed by atoms with Gasteiger partial charge in [0.05, 0.1) is 6.54 Å². The second-order valence-corrected chi connectivity index (χ2v) is 6.53. The minimum Gasteiger partial charge on any atom is -0.465 e. The first-order valence-electron chi connectivity index (χ1n) is 6.83. The largest absolute Gasteiger partial charge is 0.465 e. The average molecular weight is 264 g/mol. The number of nitrogens with one attached hydrogen (secondary N) is 1. The van der Waals surface area contributed by atoms with E-state index in [2.05, 4.69) is 57.6 Å². The molecule has 1 N–H and O–H groups in total. The smallest absolute Gasteiger partial charge is 0.118 e. The molecule has 0 atom stereocenters. The maximum Gasteiger partial charge on any atom is 0.118 e. The molecule has 0 saturated carbocycles. The fourth-order valence-corrected chi connectivity index (χ4v) is 1.99. The van der Waals surface area contributed by atoms with Crippen LogP contribution >= 0.6 is 0 Å². The van der Waals surface area contributed by atoms with Crippen LogP contribution in [0, 0.1) is 6.92 Å². The molecule has 0 aliphatic carbocycles. The van der Waals surface area contributed by atoms with Gasteiger partial charge in [0.15, 0.2) is 0 Å². The molecule has 1 aromatic heterocycles. The summed E-state index contributed by atoms with van der Waals surface area (Å²) < 4.78 is 5.80. The number of hydrogen-bond acceptors (Lipinski definition) is 3. The monoisotopic (exact) mass is 264 g/mol. The van der Waals surface area contributed by atoms with Crippen molar-refractivity contribution >= 4 is 0 Å². The first-order chi connectivity index (χ1) is 8.67. The van der Waals surface area contributed by atoms with Gasteiger partial charge in [-0.15, -0.1) is 0 Å². The van der Waals surface area contributed by atoms with Crippen LogP contribution in [-0.4, -0.2) is 24.0 Å². The Bertz CT molecular complexity index is 426. The maximum atomic E-state index is 5.80. The van der Waals surface area contributed by atoms with Crippen molar-refractivity contribution in [3.63, 3.8) is 0 Å². The predicted octanol–water partition coefficient (Wildman–Crippen LogP) is 3.48. The summed E-state index contributed by atoms with van der Waals surface area (Å²) in [6.45, 7) is 17.1. The highest BCUT2D eigenvalue weighted by Crippen LogP contribution is 2.17. The number of nitrogens with zero attached hydrogens (tertiary/aromatic N) is 1. The van der Waals surface area contributed by atoms with Crippen LogP contribution in [0.25, 0.3) is 0 Å². The van der Waals surface area contributed by atoms with Crippen LogP contribution in [0.15, 0.2) is 22.6 Å². The highest BCUT2D eigenvalue weighted by atomic mass is 16.3. The number of furan rings is 1. The molecule has 0 unspecified atom stereocenters. The van der Waals surface area contributed by atoms with Gasteiger partial charge < -0.3 is 9.73 Å². The van der Waals surface area contributed by atoms with E-state index in [0.29, 0.717) is 0 Å². The van der Waals surface area contributed by atoms with Gasteiger partial charge in [-0.05, 0) is 47.7 Å². The molecule has 0 amide bonds. The third-order valence-corrected chi connectivity index (χ3v) is 2.84. The Morgan fingerprint density at radius 1 is 1.42 bits per heavy atom. The molecule has 0 aliphatic rings. The van der Waals surface area contributed by atoms with Crippen LogP contribution in [-0.2, 0) is 13.1 Å². The number of aryl methyl sites for hydroxylation is 1. The molecule has 3 nitrogen and oxygen atoms in total. The summed E-state index contributed by atoms with van der Waals surface area (Å²) >= 11 is 0. The van der Waals surface area contributed by atoms with Gasteiger partial charge in [0.2, 0.25) is 0 Å². The van der Waals surface area contributed by atoms with E-state index >= 15 is 0 Å². The van der Waals surface area contributed by atoms with Gasteiger partial charge in [-0.2, -0.15) is 0 Å². The second-order valence-electron chi connectivity index (χ2n) is 6.53. The van der Waals surface area contributed by atoms with Gasteiger partial charge in [0, 0.05) is 24.2 Å². The minimum absolute atomic E-state index is 0.109. The summed E-state index contributed by atoms with van der Waals surface area (Å²) in [7, 11) is 2.11. The van der Waals surface area contributed by atoms with E-state index in [-0.39, 0.29) is 5.54 Å². The molecule has 0 spiro atoms. The van der Waals surface area contributed by atoms with E-state index in [1.807, 2.05) is 6.92 Å². The first kappa shape index (κ1) is 16.0. The SMILES string of the molecule is C=C(C)CN(C)Cc1cc(CNC(C)(C)C)oc1C. The van der Waals surface area contributed by atoms with E-state index in [1.165, 1.54) is 11.1 Å². The van der Waals surface area contributed by atoms with Crippen LogP contribution in [0.2, 0.25) is 0 Å². The van der Waals surface area contributed by atoms with Crippen LogP contribution in [0.4, 0.5) is 0 Å². The van der Waals surface area contributed by atoms with Crippen molar-refractivity contribution in [3.05, 3.63) is 35.3 Å². The second kappa shape index (κ2) is 6.40. The Labute approximate surface area is 117 Å².